The first-order chi connectivity index (χ1) is 8.22. The van der Waals surface area contributed by atoms with Crippen molar-refractivity contribution >= 4 is 11.4 Å². The first kappa shape index (κ1) is 11.5. The molecule has 1 aliphatic rings. The Morgan fingerprint density at radius 3 is 2.76 bits per heavy atom. The summed E-state index contributed by atoms with van der Waals surface area (Å²) in [7, 11) is 0. The minimum atomic E-state index is -0.420. The highest BCUT2D eigenvalue weighted by Gasteiger charge is 2.22. The summed E-state index contributed by atoms with van der Waals surface area (Å²) in [5.41, 5.74) is 0.498. The Bertz CT molecular complexity index is 434. The van der Waals surface area contributed by atoms with E-state index >= 15 is 0 Å². The molecule has 92 valence electrons. The summed E-state index contributed by atoms with van der Waals surface area (Å²) in [6, 6.07) is 3.02. The van der Waals surface area contributed by atoms with E-state index in [-0.39, 0.29) is 12.5 Å². The van der Waals surface area contributed by atoms with Gasteiger partial charge in [-0.05, 0) is 6.42 Å². The van der Waals surface area contributed by atoms with Crippen molar-refractivity contribution in [2.75, 3.05) is 18.7 Å². The minimum Gasteiger partial charge on any atom is -0.454 e. The third-order valence-corrected chi connectivity index (χ3v) is 2.53. The Labute approximate surface area is 98.7 Å². The number of hydrogen-bond donors (Lipinski definition) is 1. The lowest BCUT2D eigenvalue weighted by atomic mass is 10.2. The number of unbranched alkanes of at least 4 members (excludes halogenated alkanes) is 1. The molecule has 0 atom stereocenters. The van der Waals surface area contributed by atoms with Crippen molar-refractivity contribution in [3.05, 3.63) is 22.2 Å². The van der Waals surface area contributed by atoms with E-state index in [1.807, 2.05) is 0 Å². The molecule has 1 heterocycles. The molecule has 0 unspecified atom stereocenters. The molecular formula is C11H14N2O4. The van der Waals surface area contributed by atoms with Crippen LogP contribution in [0.4, 0.5) is 11.4 Å². The highest BCUT2D eigenvalue weighted by molar-refractivity contribution is 5.68. The largest absolute Gasteiger partial charge is 0.454 e. The van der Waals surface area contributed by atoms with Gasteiger partial charge in [-0.25, -0.2) is 0 Å². The number of hydrogen-bond acceptors (Lipinski definition) is 5. The molecule has 0 saturated heterocycles. The predicted molar refractivity (Wildman–Crippen MR) is 62.6 cm³/mol. The third kappa shape index (κ3) is 2.41. The van der Waals surface area contributed by atoms with Crippen LogP contribution in [0.15, 0.2) is 12.1 Å². The summed E-state index contributed by atoms with van der Waals surface area (Å²) in [4.78, 5) is 10.5. The summed E-state index contributed by atoms with van der Waals surface area (Å²) in [5.74, 6) is 0.979. The van der Waals surface area contributed by atoms with E-state index in [4.69, 9.17) is 9.47 Å². The van der Waals surface area contributed by atoms with Gasteiger partial charge in [0.2, 0.25) is 6.79 Å². The molecule has 1 aromatic rings. The molecule has 0 amide bonds. The van der Waals surface area contributed by atoms with Gasteiger partial charge in [0.15, 0.2) is 11.5 Å². The van der Waals surface area contributed by atoms with Gasteiger partial charge in [-0.2, -0.15) is 0 Å². The van der Waals surface area contributed by atoms with Crippen LogP contribution in [0.2, 0.25) is 0 Å². The molecule has 0 fully saturated rings. The number of nitro groups is 1. The van der Waals surface area contributed by atoms with Crippen LogP contribution in [-0.4, -0.2) is 18.3 Å². The summed E-state index contributed by atoms with van der Waals surface area (Å²) in [5, 5.41) is 14.0. The van der Waals surface area contributed by atoms with E-state index < -0.39 is 4.92 Å². The number of anilines is 1. The number of benzene rings is 1. The number of nitro benzene ring substituents is 1. The summed E-state index contributed by atoms with van der Waals surface area (Å²) >= 11 is 0. The lowest BCUT2D eigenvalue weighted by Crippen LogP contribution is -2.03. The van der Waals surface area contributed by atoms with Crippen molar-refractivity contribution in [3.8, 4) is 11.5 Å². The zero-order valence-corrected chi connectivity index (χ0v) is 9.56. The van der Waals surface area contributed by atoms with Crippen LogP contribution >= 0.6 is 0 Å². The van der Waals surface area contributed by atoms with Gasteiger partial charge in [0.1, 0.15) is 5.69 Å². The maximum absolute atomic E-state index is 10.9. The molecule has 0 aromatic heterocycles. The fourth-order valence-electron chi connectivity index (χ4n) is 1.62. The molecule has 0 saturated carbocycles. The molecule has 17 heavy (non-hydrogen) atoms. The van der Waals surface area contributed by atoms with Crippen molar-refractivity contribution in [3.63, 3.8) is 0 Å². The van der Waals surface area contributed by atoms with Gasteiger partial charge in [0.25, 0.3) is 5.69 Å². The summed E-state index contributed by atoms with van der Waals surface area (Å²) < 4.78 is 10.3. The molecule has 1 N–H and O–H groups in total. The number of nitrogens with one attached hydrogen (secondary N) is 1. The quantitative estimate of drug-likeness (QED) is 0.484. The number of nitrogens with zero attached hydrogens (tertiary/aromatic N) is 1. The molecule has 0 aliphatic carbocycles. The Kier molecular flexibility index (Phi) is 3.32. The first-order valence-corrected chi connectivity index (χ1v) is 5.54. The van der Waals surface area contributed by atoms with Gasteiger partial charge in [-0.15, -0.1) is 0 Å². The van der Waals surface area contributed by atoms with E-state index in [1.165, 1.54) is 6.07 Å². The highest BCUT2D eigenvalue weighted by atomic mass is 16.7. The highest BCUT2D eigenvalue weighted by Crippen LogP contribution is 2.40. The Morgan fingerprint density at radius 1 is 1.41 bits per heavy atom. The molecule has 6 heteroatoms. The summed E-state index contributed by atoms with van der Waals surface area (Å²) in [6.45, 7) is 2.89. The van der Waals surface area contributed by atoms with Crippen molar-refractivity contribution < 1.29 is 14.4 Å². The average molecular weight is 238 g/mol. The molecule has 6 nitrogen and oxygen atoms in total. The van der Waals surface area contributed by atoms with Gasteiger partial charge in [-0.3, -0.25) is 10.1 Å². The van der Waals surface area contributed by atoms with Crippen LogP contribution in [0.3, 0.4) is 0 Å². The molecule has 0 spiro atoms. The fraction of sp³-hybridized carbons (Fsp3) is 0.455. The van der Waals surface area contributed by atoms with Crippen LogP contribution in [0.5, 0.6) is 11.5 Å². The fourth-order valence-corrected chi connectivity index (χ4v) is 1.62. The van der Waals surface area contributed by atoms with Gasteiger partial charge in [0, 0.05) is 12.6 Å². The van der Waals surface area contributed by atoms with Crippen LogP contribution in [0.25, 0.3) is 0 Å². The van der Waals surface area contributed by atoms with Crippen molar-refractivity contribution in [1.82, 2.24) is 0 Å². The Morgan fingerprint density at radius 2 is 2.12 bits per heavy atom. The topological polar surface area (TPSA) is 73.6 Å². The molecule has 0 radical (unpaired) electrons. The standard InChI is InChI=1S/C11H14N2O4/c1-2-3-4-12-8-5-10-11(17-7-16-10)6-9(8)13(14)15/h5-6,12H,2-4,7H2,1H3. The lowest BCUT2D eigenvalue weighted by molar-refractivity contribution is -0.384. The van der Waals surface area contributed by atoms with Gasteiger partial charge >= 0.3 is 0 Å². The smallest absolute Gasteiger partial charge is 0.296 e. The zero-order valence-electron chi connectivity index (χ0n) is 9.56. The summed E-state index contributed by atoms with van der Waals surface area (Å²) in [6.07, 6.45) is 2.00. The number of rotatable bonds is 5. The molecule has 1 aliphatic heterocycles. The zero-order chi connectivity index (χ0) is 12.3. The maximum Gasteiger partial charge on any atom is 0.296 e. The van der Waals surface area contributed by atoms with Crippen LogP contribution < -0.4 is 14.8 Å². The second-order valence-corrected chi connectivity index (χ2v) is 3.76. The second kappa shape index (κ2) is 4.90. The van der Waals surface area contributed by atoms with Gasteiger partial charge in [-0.1, -0.05) is 13.3 Å². The van der Waals surface area contributed by atoms with E-state index in [2.05, 4.69) is 12.2 Å². The van der Waals surface area contributed by atoms with E-state index in [0.717, 1.165) is 12.8 Å². The normalized spacial score (nSPS) is 12.5. The Hall–Kier alpha value is -1.98. The maximum atomic E-state index is 10.9. The monoisotopic (exact) mass is 238 g/mol. The van der Waals surface area contributed by atoms with Crippen LogP contribution in [-0.2, 0) is 0 Å². The van der Waals surface area contributed by atoms with Crippen LogP contribution in [0, 0.1) is 10.1 Å². The molecular weight excluding hydrogens is 224 g/mol. The van der Waals surface area contributed by atoms with Crippen molar-refractivity contribution in [1.29, 1.82) is 0 Å². The third-order valence-electron chi connectivity index (χ3n) is 2.53. The minimum absolute atomic E-state index is 0.0188. The van der Waals surface area contributed by atoms with Gasteiger partial charge in [0.05, 0.1) is 11.0 Å². The predicted octanol–water partition coefficient (Wildman–Crippen LogP) is 2.54. The lowest BCUT2D eigenvalue weighted by Gasteiger charge is -2.07. The molecule has 0 bridgehead atoms. The SMILES string of the molecule is CCCCNc1cc2c(cc1[N+](=O)[O-])OCO2. The molecule has 1 aromatic carbocycles. The van der Waals surface area contributed by atoms with E-state index in [0.29, 0.717) is 23.7 Å². The van der Waals surface area contributed by atoms with Gasteiger partial charge < -0.3 is 14.8 Å². The number of fused-ring (bicyclic) bond motifs is 1. The molecule has 2 rings (SSSR count). The van der Waals surface area contributed by atoms with E-state index in [1.54, 1.807) is 6.07 Å². The second-order valence-electron chi connectivity index (χ2n) is 3.76. The first-order valence-electron chi connectivity index (χ1n) is 5.54. The average Bonchev–Trinajstić information content (AvgIpc) is 2.75. The van der Waals surface area contributed by atoms with Crippen LogP contribution in [0.1, 0.15) is 19.8 Å². The Balaban J connectivity index is 2.25. The van der Waals surface area contributed by atoms with E-state index in [9.17, 15) is 10.1 Å². The van der Waals surface area contributed by atoms with Crippen molar-refractivity contribution in [2.24, 2.45) is 0 Å². The van der Waals surface area contributed by atoms with Crippen molar-refractivity contribution in [2.45, 2.75) is 19.8 Å². The number of ether oxygens (including phenoxy) is 2.